The fourth-order valence-electron chi connectivity index (χ4n) is 5.79. The van der Waals surface area contributed by atoms with Crippen LogP contribution in [0.25, 0.3) is 22.0 Å². The maximum atomic E-state index is 2.62. The summed E-state index contributed by atoms with van der Waals surface area (Å²) in [7, 11) is 0.812. The molecule has 0 N–H and O–H groups in total. The smallest absolute Gasteiger partial charge is 0.200 e. The monoisotopic (exact) mass is 458 g/mol. The van der Waals surface area contributed by atoms with Gasteiger partial charge < -0.3 is 0 Å². The molecule has 0 radical (unpaired) electrons. The van der Waals surface area contributed by atoms with Gasteiger partial charge in [-0.15, -0.1) is 0 Å². The summed E-state index contributed by atoms with van der Waals surface area (Å²) in [5, 5.41) is 4.44. The summed E-state index contributed by atoms with van der Waals surface area (Å²) >= 11 is 0. The van der Waals surface area contributed by atoms with E-state index in [1.807, 2.05) is 0 Å². The predicted octanol–water partition coefficient (Wildman–Crippen LogP) is 7.99. The highest BCUT2D eigenvalue weighted by Crippen LogP contribution is 2.41. The molecule has 0 aliphatic carbocycles. The van der Waals surface area contributed by atoms with E-state index in [9.17, 15) is 0 Å². The molecule has 2 aromatic carbocycles. The van der Waals surface area contributed by atoms with Gasteiger partial charge in [-0.2, -0.15) is 0 Å². The number of hydrogen-bond donors (Lipinski definition) is 0. The van der Waals surface area contributed by atoms with Gasteiger partial charge in [-0.05, 0) is 58.4 Å². The minimum atomic E-state index is -1.39. The van der Waals surface area contributed by atoms with E-state index in [1.54, 1.807) is 5.19 Å². The topological polar surface area (TPSA) is 3.88 Å². The first-order valence-corrected chi connectivity index (χ1v) is 15.9. The third-order valence-corrected chi connectivity index (χ3v) is 13.0. The standard InChI is InChI=1S/C31H44NSi/c1-21(2)25-19-28(22(3)4)23(5)29(20-25)30-27-11-10-26(18-24(27)12-15-32(30)8)33(9)16-13-31(6,7)14-17-33/h10-12,15,18-22H,13-14,16-17H2,1-9H3/q+1. The van der Waals surface area contributed by atoms with Gasteiger partial charge >= 0.3 is 0 Å². The van der Waals surface area contributed by atoms with E-state index in [0.717, 1.165) is 0 Å². The molecule has 3 aromatic rings. The Morgan fingerprint density at radius 1 is 0.909 bits per heavy atom. The van der Waals surface area contributed by atoms with Crippen molar-refractivity contribution in [2.45, 2.75) is 91.8 Å². The Kier molecular flexibility index (Phi) is 6.37. The molecular weight excluding hydrogens is 414 g/mol. The van der Waals surface area contributed by atoms with E-state index in [1.165, 1.54) is 63.7 Å². The SMILES string of the molecule is Cc1c(-c2c3ccc([Si]4(C)CCC(C)(C)CC4)cc3cc[n+]2C)cc(C(C)C)cc1C(C)C. The number of aryl methyl sites for hydroxylation is 1. The minimum Gasteiger partial charge on any atom is -0.200 e. The molecule has 2 heterocycles. The van der Waals surface area contributed by atoms with E-state index >= 15 is 0 Å². The lowest BCUT2D eigenvalue weighted by atomic mass is 9.86. The van der Waals surface area contributed by atoms with Crippen molar-refractivity contribution in [3.8, 4) is 11.3 Å². The van der Waals surface area contributed by atoms with Crippen molar-refractivity contribution in [2.24, 2.45) is 12.5 Å². The zero-order valence-corrected chi connectivity index (χ0v) is 23.5. The molecule has 1 aromatic heterocycles. The van der Waals surface area contributed by atoms with Crippen molar-refractivity contribution in [2.75, 3.05) is 0 Å². The van der Waals surface area contributed by atoms with Gasteiger partial charge in [0.05, 0.1) is 19.0 Å². The molecule has 0 spiro atoms. The lowest BCUT2D eigenvalue weighted by molar-refractivity contribution is -0.659. The highest BCUT2D eigenvalue weighted by Gasteiger charge is 2.38. The van der Waals surface area contributed by atoms with Crippen molar-refractivity contribution in [3.63, 3.8) is 0 Å². The van der Waals surface area contributed by atoms with Gasteiger partial charge in [0.1, 0.15) is 7.05 Å². The number of rotatable bonds is 4. The van der Waals surface area contributed by atoms with Crippen molar-refractivity contribution in [1.29, 1.82) is 0 Å². The van der Waals surface area contributed by atoms with Gasteiger partial charge in [-0.1, -0.05) is 96.4 Å². The van der Waals surface area contributed by atoms with Gasteiger partial charge in [0.2, 0.25) is 5.69 Å². The first kappa shape index (κ1) is 24.2. The maximum absolute atomic E-state index is 2.62. The molecule has 0 unspecified atom stereocenters. The molecule has 1 fully saturated rings. The molecule has 0 saturated carbocycles. The van der Waals surface area contributed by atoms with Gasteiger partial charge in [-0.25, -0.2) is 4.57 Å². The molecule has 0 atom stereocenters. The van der Waals surface area contributed by atoms with Gasteiger partial charge in [-0.3, -0.25) is 0 Å². The Hall–Kier alpha value is -1.93. The van der Waals surface area contributed by atoms with Crippen LogP contribution in [-0.2, 0) is 7.05 Å². The summed E-state index contributed by atoms with van der Waals surface area (Å²) < 4.78 is 2.33. The van der Waals surface area contributed by atoms with Gasteiger partial charge in [0.25, 0.3) is 0 Å². The van der Waals surface area contributed by atoms with Gasteiger partial charge in [0.15, 0.2) is 6.20 Å². The largest absolute Gasteiger partial charge is 0.220 e. The molecular formula is C31H44NSi+. The first-order chi connectivity index (χ1) is 15.4. The Labute approximate surface area is 203 Å². The zero-order chi connectivity index (χ0) is 24.1. The van der Waals surface area contributed by atoms with Crippen LogP contribution in [0.5, 0.6) is 0 Å². The fourth-order valence-corrected chi connectivity index (χ4v) is 10.1. The second-order valence-electron chi connectivity index (χ2n) is 12.4. The first-order valence-electron chi connectivity index (χ1n) is 13.0. The average molecular weight is 459 g/mol. The quantitative estimate of drug-likeness (QED) is 0.275. The Balaban J connectivity index is 1.88. The van der Waals surface area contributed by atoms with E-state index in [2.05, 4.69) is 109 Å². The van der Waals surface area contributed by atoms with E-state index in [4.69, 9.17) is 0 Å². The average Bonchev–Trinajstić information content (AvgIpc) is 2.76. The summed E-state index contributed by atoms with van der Waals surface area (Å²) in [5.74, 6) is 1.05. The van der Waals surface area contributed by atoms with E-state index < -0.39 is 8.07 Å². The van der Waals surface area contributed by atoms with Crippen LogP contribution >= 0.6 is 0 Å². The molecule has 33 heavy (non-hydrogen) atoms. The summed E-state index contributed by atoms with van der Waals surface area (Å²) in [6.07, 6.45) is 5.02. The van der Waals surface area contributed by atoms with Crippen LogP contribution in [0.1, 0.15) is 82.9 Å². The van der Waals surface area contributed by atoms with Crippen LogP contribution in [0.2, 0.25) is 18.6 Å². The normalized spacial score (nSPS) is 17.8. The molecule has 1 nitrogen and oxygen atoms in total. The van der Waals surface area contributed by atoms with Crippen LogP contribution in [0.15, 0.2) is 42.6 Å². The maximum Gasteiger partial charge on any atom is 0.220 e. The van der Waals surface area contributed by atoms with Crippen LogP contribution in [0, 0.1) is 12.3 Å². The molecule has 1 saturated heterocycles. The Morgan fingerprint density at radius 3 is 2.18 bits per heavy atom. The second-order valence-corrected chi connectivity index (χ2v) is 17.1. The minimum absolute atomic E-state index is 0.523. The number of fused-ring (bicyclic) bond motifs is 1. The lowest BCUT2D eigenvalue weighted by Gasteiger charge is -2.40. The predicted molar refractivity (Wildman–Crippen MR) is 147 cm³/mol. The summed E-state index contributed by atoms with van der Waals surface area (Å²) in [6, 6.07) is 17.5. The third-order valence-electron chi connectivity index (χ3n) is 8.56. The summed E-state index contributed by atoms with van der Waals surface area (Å²) in [4.78, 5) is 0. The number of nitrogens with zero attached hydrogens (tertiary/aromatic N) is 1. The highest BCUT2D eigenvalue weighted by molar-refractivity contribution is 6.91. The Morgan fingerprint density at radius 2 is 1.58 bits per heavy atom. The number of pyridine rings is 1. The lowest BCUT2D eigenvalue weighted by Crippen LogP contribution is -2.48. The number of aromatic nitrogens is 1. The van der Waals surface area contributed by atoms with Crippen LogP contribution in [0.4, 0.5) is 0 Å². The van der Waals surface area contributed by atoms with Crippen LogP contribution in [0.3, 0.4) is 0 Å². The Bertz CT molecular complexity index is 1180. The molecule has 4 rings (SSSR count). The second kappa shape index (κ2) is 8.69. The van der Waals surface area contributed by atoms with Crippen molar-refractivity contribution in [1.82, 2.24) is 0 Å². The van der Waals surface area contributed by atoms with E-state index in [0.29, 0.717) is 17.3 Å². The molecule has 0 bridgehead atoms. The number of benzene rings is 2. The summed E-state index contributed by atoms with van der Waals surface area (Å²) in [5.41, 5.74) is 7.63. The van der Waals surface area contributed by atoms with Crippen molar-refractivity contribution >= 4 is 24.0 Å². The third kappa shape index (κ3) is 4.56. The summed E-state index contributed by atoms with van der Waals surface area (Å²) in [6.45, 7) is 19.1. The van der Waals surface area contributed by atoms with Crippen molar-refractivity contribution < 1.29 is 4.57 Å². The molecule has 0 amide bonds. The van der Waals surface area contributed by atoms with Crippen LogP contribution in [-0.4, -0.2) is 8.07 Å². The fraction of sp³-hybridized carbons (Fsp3) is 0.516. The highest BCUT2D eigenvalue weighted by atomic mass is 28.3. The molecule has 1 aliphatic rings. The van der Waals surface area contributed by atoms with Crippen molar-refractivity contribution in [3.05, 3.63) is 59.3 Å². The van der Waals surface area contributed by atoms with Gasteiger partial charge in [0, 0.05) is 6.07 Å². The zero-order valence-electron chi connectivity index (χ0n) is 22.5. The molecule has 176 valence electrons. The van der Waals surface area contributed by atoms with E-state index in [-0.39, 0.29) is 0 Å². The molecule has 2 heteroatoms. The van der Waals surface area contributed by atoms with Crippen LogP contribution < -0.4 is 9.75 Å². The molecule has 1 aliphatic heterocycles. The number of hydrogen-bond acceptors (Lipinski definition) is 0.